The van der Waals surface area contributed by atoms with Gasteiger partial charge in [-0.2, -0.15) is 0 Å². The van der Waals surface area contributed by atoms with Gasteiger partial charge in [0.05, 0.1) is 16.6 Å². The molecule has 0 bridgehead atoms. The quantitative estimate of drug-likeness (QED) is 0.656. The van der Waals surface area contributed by atoms with Crippen LogP contribution in [0.2, 0.25) is 5.02 Å². The third-order valence-corrected chi connectivity index (χ3v) is 4.35. The molecule has 5 nitrogen and oxygen atoms in total. The molecule has 3 rings (SSSR count). The zero-order valence-electron chi connectivity index (χ0n) is 13.7. The molecule has 7 heteroatoms. The average molecular weight is 373 g/mol. The monoisotopic (exact) mass is 372 g/mol. The largest absolute Gasteiger partial charge is 0.465 e. The highest BCUT2D eigenvalue weighted by molar-refractivity contribution is 6.35. The van der Waals surface area contributed by atoms with Crippen molar-refractivity contribution in [2.24, 2.45) is 0 Å². The van der Waals surface area contributed by atoms with Gasteiger partial charge < -0.3 is 10.4 Å². The highest BCUT2D eigenvalue weighted by Gasteiger charge is 2.22. The molecule has 0 saturated heterocycles. The lowest BCUT2D eigenvalue weighted by atomic mass is 9.96. The van der Waals surface area contributed by atoms with E-state index < -0.39 is 23.7 Å². The van der Waals surface area contributed by atoms with E-state index in [1.807, 2.05) is 0 Å². The van der Waals surface area contributed by atoms with E-state index in [0.29, 0.717) is 16.5 Å². The Labute approximate surface area is 153 Å². The number of nitrogens with zero attached hydrogens (tertiary/aromatic N) is 1. The first-order valence-electron chi connectivity index (χ1n) is 7.74. The summed E-state index contributed by atoms with van der Waals surface area (Å²) in [5, 5.41) is 12.3. The van der Waals surface area contributed by atoms with E-state index >= 15 is 0 Å². The number of hydrogen-bond donors (Lipinski definition) is 2. The van der Waals surface area contributed by atoms with Crippen molar-refractivity contribution in [3.05, 3.63) is 76.3 Å². The van der Waals surface area contributed by atoms with E-state index in [2.05, 4.69) is 10.3 Å². The van der Waals surface area contributed by atoms with Crippen LogP contribution >= 0.6 is 11.6 Å². The number of ketones is 1. The fourth-order valence-electron chi connectivity index (χ4n) is 2.78. The van der Waals surface area contributed by atoms with Gasteiger partial charge in [0.25, 0.3) is 0 Å². The number of rotatable bonds is 4. The van der Waals surface area contributed by atoms with Crippen molar-refractivity contribution in [3.8, 4) is 0 Å². The molecule has 1 unspecified atom stereocenters. The van der Waals surface area contributed by atoms with Crippen molar-refractivity contribution in [3.63, 3.8) is 0 Å². The van der Waals surface area contributed by atoms with Gasteiger partial charge in [-0.3, -0.25) is 9.78 Å². The highest BCUT2D eigenvalue weighted by Crippen LogP contribution is 2.29. The van der Waals surface area contributed by atoms with E-state index in [9.17, 15) is 14.0 Å². The molecular weight excluding hydrogens is 359 g/mol. The van der Waals surface area contributed by atoms with E-state index in [1.54, 1.807) is 43.6 Å². The van der Waals surface area contributed by atoms with Gasteiger partial charge in [-0.05, 0) is 36.1 Å². The van der Waals surface area contributed by atoms with Crippen molar-refractivity contribution in [1.82, 2.24) is 10.3 Å². The second-order valence-electron chi connectivity index (χ2n) is 5.76. The number of nitrogens with one attached hydrogen (secondary N) is 1. The third kappa shape index (κ3) is 3.36. The molecule has 0 fully saturated rings. The van der Waals surface area contributed by atoms with Gasteiger partial charge in [-0.15, -0.1) is 0 Å². The SMILES string of the molecule is CC(NC(=O)O)c1cc(F)c(C(=O)c2cccc3cnccc23)c(Cl)c1. The van der Waals surface area contributed by atoms with Gasteiger partial charge in [0, 0.05) is 23.3 Å². The average Bonchev–Trinajstić information content (AvgIpc) is 2.59. The number of carboxylic acid groups (broad SMARTS) is 1. The van der Waals surface area contributed by atoms with Crippen molar-refractivity contribution in [1.29, 1.82) is 0 Å². The number of pyridine rings is 1. The van der Waals surface area contributed by atoms with E-state index in [4.69, 9.17) is 16.7 Å². The van der Waals surface area contributed by atoms with Crippen molar-refractivity contribution < 1.29 is 19.1 Å². The number of carbonyl (C=O) groups excluding carboxylic acids is 1. The molecule has 2 aromatic carbocycles. The molecule has 1 atom stereocenters. The third-order valence-electron chi connectivity index (χ3n) is 4.06. The predicted molar refractivity (Wildman–Crippen MR) is 96.2 cm³/mol. The number of carbonyl (C=O) groups is 2. The van der Waals surface area contributed by atoms with Gasteiger partial charge in [0.1, 0.15) is 5.82 Å². The minimum Gasteiger partial charge on any atom is -0.465 e. The van der Waals surface area contributed by atoms with E-state index in [1.165, 1.54) is 6.07 Å². The molecule has 0 aliphatic heterocycles. The fourth-order valence-corrected chi connectivity index (χ4v) is 3.09. The second kappa shape index (κ2) is 7.09. The topological polar surface area (TPSA) is 79.3 Å². The van der Waals surface area contributed by atoms with Crippen LogP contribution < -0.4 is 5.32 Å². The molecular formula is C19H14ClFN2O3. The Morgan fingerprint density at radius 3 is 2.73 bits per heavy atom. The molecule has 0 spiro atoms. The van der Waals surface area contributed by atoms with Crippen LogP contribution in [0.15, 0.2) is 48.8 Å². The molecule has 2 N–H and O–H groups in total. The van der Waals surface area contributed by atoms with Gasteiger partial charge in [-0.25, -0.2) is 9.18 Å². The van der Waals surface area contributed by atoms with Crippen LogP contribution in [0.25, 0.3) is 10.8 Å². The van der Waals surface area contributed by atoms with Crippen LogP contribution in [0.5, 0.6) is 0 Å². The first kappa shape index (κ1) is 17.8. The minimum atomic E-state index is -1.24. The number of benzene rings is 2. The number of hydrogen-bond acceptors (Lipinski definition) is 3. The molecule has 0 radical (unpaired) electrons. The Kier molecular flexibility index (Phi) is 4.86. The second-order valence-corrected chi connectivity index (χ2v) is 6.17. The highest BCUT2D eigenvalue weighted by atomic mass is 35.5. The van der Waals surface area contributed by atoms with Crippen LogP contribution in [0.1, 0.15) is 34.5 Å². The Bertz CT molecular complexity index is 994. The van der Waals surface area contributed by atoms with Crippen molar-refractivity contribution >= 4 is 34.2 Å². The Hall–Kier alpha value is -2.99. The molecule has 26 heavy (non-hydrogen) atoms. The lowest BCUT2D eigenvalue weighted by Crippen LogP contribution is -2.24. The summed E-state index contributed by atoms with van der Waals surface area (Å²) in [6.45, 7) is 1.55. The lowest BCUT2D eigenvalue weighted by molar-refractivity contribution is 0.103. The lowest BCUT2D eigenvalue weighted by Gasteiger charge is -2.15. The Balaban J connectivity index is 2.06. The van der Waals surface area contributed by atoms with Gasteiger partial charge >= 0.3 is 6.09 Å². The Morgan fingerprint density at radius 1 is 1.27 bits per heavy atom. The smallest absolute Gasteiger partial charge is 0.405 e. The number of fused-ring (bicyclic) bond motifs is 1. The molecule has 132 valence electrons. The maximum absolute atomic E-state index is 14.7. The predicted octanol–water partition coefficient (Wildman–Crippen LogP) is 4.59. The van der Waals surface area contributed by atoms with E-state index in [0.717, 1.165) is 11.5 Å². The minimum absolute atomic E-state index is 0.0740. The zero-order valence-corrected chi connectivity index (χ0v) is 14.4. The van der Waals surface area contributed by atoms with Crippen LogP contribution in [0.3, 0.4) is 0 Å². The molecule has 1 heterocycles. The molecule has 0 aliphatic carbocycles. The van der Waals surface area contributed by atoms with Crippen LogP contribution in [-0.4, -0.2) is 22.0 Å². The summed E-state index contributed by atoms with van der Waals surface area (Å²) in [5.41, 5.74) is 0.394. The van der Waals surface area contributed by atoms with E-state index in [-0.39, 0.29) is 10.6 Å². The first-order valence-corrected chi connectivity index (χ1v) is 8.12. The Morgan fingerprint density at radius 2 is 2.04 bits per heavy atom. The number of amides is 1. The van der Waals surface area contributed by atoms with Crippen molar-refractivity contribution in [2.45, 2.75) is 13.0 Å². The zero-order chi connectivity index (χ0) is 18.8. The van der Waals surface area contributed by atoms with Gasteiger partial charge in [0.15, 0.2) is 5.78 Å². The summed E-state index contributed by atoms with van der Waals surface area (Å²) < 4.78 is 14.7. The van der Waals surface area contributed by atoms with Crippen molar-refractivity contribution in [2.75, 3.05) is 0 Å². The molecule has 3 aromatic rings. The summed E-state index contributed by atoms with van der Waals surface area (Å²) in [6, 6.07) is 8.62. The summed E-state index contributed by atoms with van der Waals surface area (Å²) in [4.78, 5) is 27.7. The van der Waals surface area contributed by atoms with Crippen LogP contribution in [0.4, 0.5) is 9.18 Å². The number of aromatic nitrogens is 1. The van der Waals surface area contributed by atoms with Gasteiger partial charge in [-0.1, -0.05) is 29.8 Å². The van der Waals surface area contributed by atoms with Gasteiger partial charge in [0.2, 0.25) is 0 Å². The van der Waals surface area contributed by atoms with Crippen LogP contribution in [0, 0.1) is 5.82 Å². The standard InChI is InChI=1S/C19H14ClFN2O3/c1-10(23-19(25)26)12-7-15(20)17(16(21)8-12)18(24)14-4-2-3-11-9-22-6-5-13(11)14/h2-10,23H,1H3,(H,25,26). The number of halogens is 2. The normalized spacial score (nSPS) is 12.0. The summed E-state index contributed by atoms with van der Waals surface area (Å²) in [7, 11) is 0. The molecule has 0 saturated carbocycles. The fraction of sp³-hybridized carbons (Fsp3) is 0.105. The first-order chi connectivity index (χ1) is 12.4. The molecule has 0 aliphatic rings. The summed E-state index contributed by atoms with van der Waals surface area (Å²) >= 11 is 6.16. The molecule has 1 aromatic heterocycles. The summed E-state index contributed by atoms with van der Waals surface area (Å²) in [5.74, 6) is -1.35. The molecule has 1 amide bonds. The van der Waals surface area contributed by atoms with Crippen LogP contribution in [-0.2, 0) is 0 Å². The summed E-state index contributed by atoms with van der Waals surface area (Å²) in [6.07, 6.45) is 1.94. The maximum Gasteiger partial charge on any atom is 0.405 e. The maximum atomic E-state index is 14.7.